The zero-order valence-corrected chi connectivity index (χ0v) is 13.7. The quantitative estimate of drug-likeness (QED) is 0.838. The number of benzene rings is 1. The number of rotatable bonds is 6. The molecule has 2 atom stereocenters. The molecule has 1 rings (SSSR count). The van der Waals surface area contributed by atoms with Crippen molar-refractivity contribution in [2.45, 2.75) is 53.2 Å². The fourth-order valence-electron chi connectivity index (χ4n) is 2.39. The largest absolute Gasteiger partial charge is 0.496 e. The van der Waals surface area contributed by atoms with E-state index < -0.39 is 0 Å². The molecule has 0 amide bonds. The number of hydrogen-bond acceptors (Lipinski definition) is 3. The Balaban J connectivity index is 2.63. The molecule has 20 heavy (non-hydrogen) atoms. The molecule has 0 heterocycles. The summed E-state index contributed by atoms with van der Waals surface area (Å²) in [4.78, 5) is 0. The Kier molecular flexibility index (Phi) is 6.03. The highest BCUT2D eigenvalue weighted by Crippen LogP contribution is 2.26. The van der Waals surface area contributed by atoms with Crippen LogP contribution in [-0.2, 0) is 0 Å². The van der Waals surface area contributed by atoms with Crippen molar-refractivity contribution in [3.63, 3.8) is 0 Å². The molecular formula is C17H29NO2. The van der Waals surface area contributed by atoms with E-state index in [2.05, 4.69) is 46.0 Å². The molecule has 0 aliphatic heterocycles. The molecule has 3 nitrogen and oxygen atoms in total. The van der Waals surface area contributed by atoms with Gasteiger partial charge in [-0.1, -0.05) is 38.5 Å². The molecule has 0 saturated heterocycles. The molecule has 2 N–H and O–H groups in total. The fourth-order valence-corrected chi connectivity index (χ4v) is 2.39. The lowest BCUT2D eigenvalue weighted by atomic mass is 9.89. The zero-order chi connectivity index (χ0) is 15.3. The zero-order valence-electron chi connectivity index (χ0n) is 13.7. The maximum Gasteiger partial charge on any atom is 0.123 e. The molecule has 0 fully saturated rings. The first-order valence-electron chi connectivity index (χ1n) is 7.29. The minimum atomic E-state index is -0.326. The number of methoxy groups -OCH3 is 1. The van der Waals surface area contributed by atoms with Crippen molar-refractivity contribution in [1.29, 1.82) is 0 Å². The third-order valence-electron chi connectivity index (χ3n) is 3.36. The standard InChI is InChI=1S/C17H29NO2/c1-12-7-8-16(20-6)15(9-12)13(2)18-11-14(19)10-17(3,4)5/h7-9,13-14,18-19H,10-11H2,1-6H3. The molecule has 0 aliphatic carbocycles. The molecular weight excluding hydrogens is 250 g/mol. The summed E-state index contributed by atoms with van der Waals surface area (Å²) in [6, 6.07) is 6.32. The molecule has 1 aromatic rings. The van der Waals surface area contributed by atoms with Crippen molar-refractivity contribution in [2.24, 2.45) is 5.41 Å². The summed E-state index contributed by atoms with van der Waals surface area (Å²) in [5.41, 5.74) is 2.49. The van der Waals surface area contributed by atoms with E-state index in [1.54, 1.807) is 7.11 Å². The second kappa shape index (κ2) is 7.09. The van der Waals surface area contributed by atoms with E-state index in [9.17, 15) is 5.11 Å². The Bertz CT molecular complexity index is 423. The normalized spacial score (nSPS) is 14.9. The average Bonchev–Trinajstić information content (AvgIpc) is 2.33. The fraction of sp³-hybridized carbons (Fsp3) is 0.647. The van der Waals surface area contributed by atoms with Gasteiger partial charge in [0.15, 0.2) is 0 Å². The topological polar surface area (TPSA) is 41.5 Å². The van der Waals surface area contributed by atoms with Crippen LogP contribution in [0.4, 0.5) is 0 Å². The number of aryl methyl sites for hydroxylation is 1. The van der Waals surface area contributed by atoms with Crippen LogP contribution in [0.5, 0.6) is 5.75 Å². The first-order valence-corrected chi connectivity index (χ1v) is 7.29. The Hall–Kier alpha value is -1.06. The van der Waals surface area contributed by atoms with Crippen LogP contribution in [0, 0.1) is 12.3 Å². The molecule has 0 spiro atoms. The maximum absolute atomic E-state index is 10.1. The van der Waals surface area contributed by atoms with E-state index in [1.165, 1.54) is 5.56 Å². The van der Waals surface area contributed by atoms with Crippen molar-refractivity contribution in [1.82, 2.24) is 5.32 Å². The van der Waals surface area contributed by atoms with Crippen molar-refractivity contribution >= 4 is 0 Å². The molecule has 3 heteroatoms. The predicted octanol–water partition coefficient (Wildman–Crippen LogP) is 3.45. The van der Waals surface area contributed by atoms with Crippen molar-refractivity contribution in [2.75, 3.05) is 13.7 Å². The van der Waals surface area contributed by atoms with E-state index in [4.69, 9.17) is 4.74 Å². The summed E-state index contributed by atoms with van der Waals surface area (Å²) in [5, 5.41) is 13.5. The number of aliphatic hydroxyl groups excluding tert-OH is 1. The van der Waals surface area contributed by atoms with Crippen LogP contribution in [0.25, 0.3) is 0 Å². The van der Waals surface area contributed by atoms with Gasteiger partial charge in [0, 0.05) is 18.2 Å². The first kappa shape index (κ1) is 17.0. The number of ether oxygens (including phenoxy) is 1. The molecule has 0 aromatic heterocycles. The lowest BCUT2D eigenvalue weighted by Crippen LogP contribution is -2.32. The smallest absolute Gasteiger partial charge is 0.123 e. The molecule has 0 saturated carbocycles. The Morgan fingerprint density at radius 3 is 2.50 bits per heavy atom. The second-order valence-corrected chi connectivity index (χ2v) is 6.79. The van der Waals surface area contributed by atoms with Crippen molar-refractivity contribution in [3.8, 4) is 5.75 Å². The highest BCUT2D eigenvalue weighted by Gasteiger charge is 2.18. The van der Waals surface area contributed by atoms with Gasteiger partial charge < -0.3 is 15.2 Å². The summed E-state index contributed by atoms with van der Waals surface area (Å²) in [7, 11) is 1.69. The van der Waals surface area contributed by atoms with Crippen LogP contribution >= 0.6 is 0 Å². The van der Waals surface area contributed by atoms with Crippen LogP contribution in [-0.4, -0.2) is 24.9 Å². The van der Waals surface area contributed by atoms with Crippen LogP contribution in [0.15, 0.2) is 18.2 Å². The van der Waals surface area contributed by atoms with Crippen LogP contribution in [0.3, 0.4) is 0 Å². The summed E-state index contributed by atoms with van der Waals surface area (Å²) < 4.78 is 5.41. The Labute approximate surface area is 123 Å². The third-order valence-corrected chi connectivity index (χ3v) is 3.36. The van der Waals surface area contributed by atoms with Gasteiger partial charge in [0.25, 0.3) is 0 Å². The highest BCUT2D eigenvalue weighted by molar-refractivity contribution is 5.38. The van der Waals surface area contributed by atoms with E-state index in [1.807, 2.05) is 12.1 Å². The van der Waals surface area contributed by atoms with Gasteiger partial charge >= 0.3 is 0 Å². The van der Waals surface area contributed by atoms with Gasteiger partial charge in [0.1, 0.15) is 5.75 Å². The van der Waals surface area contributed by atoms with Crippen molar-refractivity contribution < 1.29 is 9.84 Å². The van der Waals surface area contributed by atoms with Gasteiger partial charge in [-0.2, -0.15) is 0 Å². The SMILES string of the molecule is COc1ccc(C)cc1C(C)NCC(O)CC(C)(C)C. The van der Waals surface area contributed by atoms with E-state index in [0.717, 1.165) is 17.7 Å². The number of hydrogen-bond donors (Lipinski definition) is 2. The predicted molar refractivity (Wildman–Crippen MR) is 84.2 cm³/mol. The van der Waals surface area contributed by atoms with Crippen LogP contribution < -0.4 is 10.1 Å². The first-order chi connectivity index (χ1) is 9.23. The van der Waals surface area contributed by atoms with Crippen LogP contribution in [0.1, 0.15) is 51.3 Å². The van der Waals surface area contributed by atoms with Crippen molar-refractivity contribution in [3.05, 3.63) is 29.3 Å². The summed E-state index contributed by atoms with van der Waals surface area (Å²) in [6.45, 7) is 11.2. The molecule has 0 radical (unpaired) electrons. The second-order valence-electron chi connectivity index (χ2n) is 6.79. The van der Waals surface area contributed by atoms with Gasteiger partial charge in [-0.25, -0.2) is 0 Å². The van der Waals surface area contributed by atoms with E-state index in [-0.39, 0.29) is 17.6 Å². The molecule has 114 valence electrons. The molecule has 1 aromatic carbocycles. The maximum atomic E-state index is 10.1. The lowest BCUT2D eigenvalue weighted by molar-refractivity contribution is 0.117. The average molecular weight is 279 g/mol. The van der Waals surface area contributed by atoms with Gasteiger partial charge in [0.05, 0.1) is 13.2 Å². The minimum Gasteiger partial charge on any atom is -0.496 e. The van der Waals surface area contributed by atoms with Gasteiger partial charge in [-0.3, -0.25) is 0 Å². The highest BCUT2D eigenvalue weighted by atomic mass is 16.5. The summed E-state index contributed by atoms with van der Waals surface area (Å²) in [6.07, 6.45) is 0.464. The van der Waals surface area contributed by atoms with Crippen LogP contribution in [0.2, 0.25) is 0 Å². The third kappa shape index (κ3) is 5.51. The van der Waals surface area contributed by atoms with E-state index in [0.29, 0.717) is 6.54 Å². The monoisotopic (exact) mass is 279 g/mol. The van der Waals surface area contributed by atoms with Gasteiger partial charge in [-0.05, 0) is 31.7 Å². The number of nitrogens with one attached hydrogen (secondary N) is 1. The number of aliphatic hydroxyl groups is 1. The van der Waals surface area contributed by atoms with Gasteiger partial charge in [-0.15, -0.1) is 0 Å². The Morgan fingerprint density at radius 2 is 1.95 bits per heavy atom. The lowest BCUT2D eigenvalue weighted by Gasteiger charge is -2.24. The Morgan fingerprint density at radius 1 is 1.30 bits per heavy atom. The summed E-state index contributed by atoms with van der Waals surface area (Å²) >= 11 is 0. The van der Waals surface area contributed by atoms with E-state index >= 15 is 0 Å². The minimum absolute atomic E-state index is 0.144. The van der Waals surface area contributed by atoms with Gasteiger partial charge in [0.2, 0.25) is 0 Å². The molecule has 0 aliphatic rings. The molecule has 2 unspecified atom stereocenters. The summed E-state index contributed by atoms with van der Waals surface area (Å²) in [5.74, 6) is 0.890. The molecule has 0 bridgehead atoms.